The molecule has 1 aromatic heterocycles. The maximum absolute atomic E-state index is 14.8. The van der Waals surface area contributed by atoms with Crippen LogP contribution in [0.25, 0.3) is 0 Å². The van der Waals surface area contributed by atoms with E-state index in [9.17, 15) is 13.6 Å². The molecule has 3 N–H and O–H groups in total. The van der Waals surface area contributed by atoms with E-state index in [1.807, 2.05) is 18.2 Å². The van der Waals surface area contributed by atoms with Crippen molar-refractivity contribution in [3.05, 3.63) is 65.5 Å². The van der Waals surface area contributed by atoms with Crippen LogP contribution in [-0.2, 0) is 6.61 Å². The lowest BCUT2D eigenvalue weighted by Crippen LogP contribution is -2.54. The van der Waals surface area contributed by atoms with Gasteiger partial charge in [-0.1, -0.05) is 6.07 Å². The van der Waals surface area contributed by atoms with Crippen LogP contribution < -0.4 is 30.3 Å². The standard InChI is InChI=1S/C26H30F2N6O3/c1-15-12-34(13-16(2)32-15)18-7-5-6-17(8-18)33-26-30-10-19(11-31-26)37-14-21-23(27)20(25(35)29-3)9-22(36-4)24(21)28/h5-11,15-16,32H,12-14H2,1-4H3,(H,29,35)(H,30,31,33)/t15-,16+. The SMILES string of the molecule is CNC(=O)c1cc(OC)c(F)c(COc2cnc(Nc3cccc(N4C[C@@H](C)N[C@@H](C)C4)c3)nc2)c1F. The second-order valence-corrected chi connectivity index (χ2v) is 8.89. The van der Waals surface area contributed by atoms with E-state index < -0.39 is 29.7 Å². The third-order valence-corrected chi connectivity index (χ3v) is 5.99. The molecule has 9 nitrogen and oxygen atoms in total. The van der Waals surface area contributed by atoms with Crippen LogP contribution in [0.3, 0.4) is 0 Å². The minimum Gasteiger partial charge on any atom is -0.494 e. The molecule has 1 fully saturated rings. The molecule has 0 aliphatic carbocycles. The highest BCUT2D eigenvalue weighted by Gasteiger charge is 2.24. The third-order valence-electron chi connectivity index (χ3n) is 5.99. The van der Waals surface area contributed by atoms with Gasteiger partial charge in [-0.05, 0) is 38.1 Å². The molecule has 196 valence electrons. The molecule has 37 heavy (non-hydrogen) atoms. The second-order valence-electron chi connectivity index (χ2n) is 8.89. The van der Waals surface area contributed by atoms with Crippen molar-refractivity contribution < 1.29 is 23.0 Å². The number of halogens is 2. The smallest absolute Gasteiger partial charge is 0.254 e. The number of nitrogens with zero attached hydrogens (tertiary/aromatic N) is 3. The van der Waals surface area contributed by atoms with Gasteiger partial charge in [0.25, 0.3) is 5.91 Å². The summed E-state index contributed by atoms with van der Waals surface area (Å²) in [6, 6.07) is 9.80. The lowest BCUT2D eigenvalue weighted by atomic mass is 10.1. The van der Waals surface area contributed by atoms with Crippen LogP contribution in [0, 0.1) is 11.6 Å². The molecule has 4 rings (SSSR count). The topological polar surface area (TPSA) is 101 Å². The Labute approximate surface area is 214 Å². The Hall–Kier alpha value is -3.99. The van der Waals surface area contributed by atoms with Crippen molar-refractivity contribution in [1.82, 2.24) is 20.6 Å². The van der Waals surface area contributed by atoms with Crippen LogP contribution >= 0.6 is 0 Å². The minimum atomic E-state index is -1.02. The first kappa shape index (κ1) is 26.1. The molecule has 2 heterocycles. The largest absolute Gasteiger partial charge is 0.494 e. The van der Waals surface area contributed by atoms with Crippen molar-refractivity contribution in [2.75, 3.05) is 37.5 Å². The zero-order valence-corrected chi connectivity index (χ0v) is 21.1. The van der Waals surface area contributed by atoms with Crippen molar-refractivity contribution in [2.45, 2.75) is 32.5 Å². The average Bonchev–Trinajstić information content (AvgIpc) is 2.89. The molecule has 1 amide bonds. The number of piperazine rings is 1. The Morgan fingerprint density at radius 1 is 1.14 bits per heavy atom. The van der Waals surface area contributed by atoms with Gasteiger partial charge in [-0.15, -0.1) is 0 Å². The van der Waals surface area contributed by atoms with Gasteiger partial charge in [0.15, 0.2) is 17.3 Å². The second kappa shape index (κ2) is 11.4. The summed E-state index contributed by atoms with van der Waals surface area (Å²) in [5.41, 5.74) is 1.14. The van der Waals surface area contributed by atoms with E-state index in [2.05, 4.69) is 50.7 Å². The molecule has 0 radical (unpaired) electrons. The van der Waals surface area contributed by atoms with Crippen LogP contribution in [0.5, 0.6) is 11.5 Å². The Bertz CT molecular complexity index is 1250. The van der Waals surface area contributed by atoms with Gasteiger partial charge in [-0.2, -0.15) is 0 Å². The Balaban J connectivity index is 1.44. The number of nitrogens with one attached hydrogen (secondary N) is 3. The first-order valence-electron chi connectivity index (χ1n) is 11.9. The number of methoxy groups -OCH3 is 1. The van der Waals surface area contributed by atoms with Gasteiger partial charge in [-0.3, -0.25) is 4.79 Å². The molecule has 1 aliphatic heterocycles. The van der Waals surface area contributed by atoms with Crippen LogP contribution in [-0.4, -0.2) is 55.2 Å². The molecule has 0 bridgehead atoms. The van der Waals surface area contributed by atoms with Gasteiger partial charge in [0.1, 0.15) is 12.4 Å². The first-order chi connectivity index (χ1) is 17.8. The predicted molar refractivity (Wildman–Crippen MR) is 137 cm³/mol. The number of anilines is 3. The summed E-state index contributed by atoms with van der Waals surface area (Å²) in [5.74, 6) is -2.40. The monoisotopic (exact) mass is 512 g/mol. The van der Waals surface area contributed by atoms with Gasteiger partial charge in [0, 0.05) is 43.6 Å². The zero-order valence-electron chi connectivity index (χ0n) is 21.1. The molecule has 2 atom stereocenters. The van der Waals surface area contributed by atoms with E-state index in [0.29, 0.717) is 18.0 Å². The van der Waals surface area contributed by atoms with Gasteiger partial charge in [0.2, 0.25) is 5.95 Å². The molecule has 1 aliphatic rings. The van der Waals surface area contributed by atoms with E-state index in [-0.39, 0.29) is 17.1 Å². The molecule has 1 saturated heterocycles. The number of carbonyl (C=O) groups excluding carboxylic acids is 1. The van der Waals surface area contributed by atoms with Crippen LogP contribution in [0.2, 0.25) is 0 Å². The summed E-state index contributed by atoms with van der Waals surface area (Å²) >= 11 is 0. The fourth-order valence-corrected chi connectivity index (χ4v) is 4.30. The summed E-state index contributed by atoms with van der Waals surface area (Å²) in [5, 5.41) is 9.01. The third kappa shape index (κ3) is 6.05. The van der Waals surface area contributed by atoms with E-state index >= 15 is 0 Å². The highest BCUT2D eigenvalue weighted by atomic mass is 19.1. The molecular weight excluding hydrogens is 482 g/mol. The molecule has 11 heteroatoms. The fourth-order valence-electron chi connectivity index (χ4n) is 4.30. The summed E-state index contributed by atoms with van der Waals surface area (Å²) < 4.78 is 40.0. The van der Waals surface area contributed by atoms with Crippen molar-refractivity contribution in [3.63, 3.8) is 0 Å². The molecule has 0 saturated carbocycles. The summed E-state index contributed by atoms with van der Waals surface area (Å²) in [6.07, 6.45) is 2.79. The maximum Gasteiger partial charge on any atom is 0.254 e. The van der Waals surface area contributed by atoms with Gasteiger partial charge < -0.3 is 30.3 Å². The van der Waals surface area contributed by atoms with Crippen LogP contribution in [0.1, 0.15) is 29.8 Å². The number of amides is 1. The highest BCUT2D eigenvalue weighted by molar-refractivity contribution is 5.95. The number of aromatic nitrogens is 2. The number of rotatable bonds is 8. The lowest BCUT2D eigenvalue weighted by Gasteiger charge is -2.37. The summed E-state index contributed by atoms with van der Waals surface area (Å²) in [7, 11) is 2.58. The average molecular weight is 513 g/mol. The van der Waals surface area contributed by atoms with Crippen molar-refractivity contribution in [3.8, 4) is 11.5 Å². The number of hydrogen-bond acceptors (Lipinski definition) is 8. The first-order valence-corrected chi connectivity index (χ1v) is 11.9. The maximum atomic E-state index is 14.8. The van der Waals surface area contributed by atoms with Crippen molar-refractivity contribution in [1.29, 1.82) is 0 Å². The van der Waals surface area contributed by atoms with Gasteiger partial charge in [0.05, 0.1) is 30.6 Å². The summed E-state index contributed by atoms with van der Waals surface area (Å²) in [4.78, 5) is 22.8. The zero-order chi connectivity index (χ0) is 26.5. The Morgan fingerprint density at radius 2 is 1.84 bits per heavy atom. The van der Waals surface area contributed by atoms with E-state index in [0.717, 1.165) is 30.5 Å². The number of hydrogen-bond donors (Lipinski definition) is 3. The van der Waals surface area contributed by atoms with Crippen LogP contribution in [0.15, 0.2) is 42.7 Å². The quantitative estimate of drug-likeness (QED) is 0.421. The van der Waals surface area contributed by atoms with E-state index in [1.165, 1.54) is 26.6 Å². The molecule has 0 unspecified atom stereocenters. The van der Waals surface area contributed by atoms with Crippen LogP contribution in [0.4, 0.5) is 26.1 Å². The number of benzene rings is 2. The van der Waals surface area contributed by atoms with Crippen molar-refractivity contribution >= 4 is 23.2 Å². The fraction of sp³-hybridized carbons (Fsp3) is 0.346. The molecule has 0 spiro atoms. The normalized spacial score (nSPS) is 17.3. The van der Waals surface area contributed by atoms with Gasteiger partial charge >= 0.3 is 0 Å². The number of carbonyl (C=O) groups is 1. The lowest BCUT2D eigenvalue weighted by molar-refractivity contribution is 0.0958. The Kier molecular flexibility index (Phi) is 8.02. The van der Waals surface area contributed by atoms with Gasteiger partial charge in [-0.25, -0.2) is 18.7 Å². The molecule has 2 aromatic carbocycles. The Morgan fingerprint density at radius 3 is 2.49 bits per heavy atom. The van der Waals surface area contributed by atoms with E-state index in [1.54, 1.807) is 0 Å². The molecular formula is C26H30F2N6O3. The minimum absolute atomic E-state index is 0.200. The predicted octanol–water partition coefficient (Wildman–Crippen LogP) is 3.63. The summed E-state index contributed by atoms with van der Waals surface area (Å²) in [6.45, 7) is 5.67. The van der Waals surface area contributed by atoms with Crippen molar-refractivity contribution in [2.24, 2.45) is 0 Å². The molecule has 3 aromatic rings. The highest BCUT2D eigenvalue weighted by Crippen LogP contribution is 2.28. The van der Waals surface area contributed by atoms with E-state index in [4.69, 9.17) is 9.47 Å². The number of ether oxygens (including phenoxy) is 2.